The molecule has 0 aromatic rings. The van der Waals surface area contributed by atoms with E-state index in [1.54, 1.807) is 6.08 Å². The quantitative estimate of drug-likeness (QED) is 0.0332. The molecule has 0 radical (unpaired) electrons. The summed E-state index contributed by atoms with van der Waals surface area (Å²) < 4.78 is 10.2. The number of aliphatic hydroxyl groups is 2. The van der Waals surface area contributed by atoms with Crippen LogP contribution in [-0.2, 0) is 19.1 Å². The summed E-state index contributed by atoms with van der Waals surface area (Å²) >= 11 is 0. The van der Waals surface area contributed by atoms with Crippen molar-refractivity contribution in [1.29, 1.82) is 0 Å². The van der Waals surface area contributed by atoms with Gasteiger partial charge in [-0.05, 0) is 44.9 Å². The lowest BCUT2D eigenvalue weighted by atomic mass is 10.0. The standard InChI is InChI=1S/C39H68O6/c1-3-5-7-9-11-13-14-15-16-18-20-24-28-32-38(42)44-34-37(41)35-45-39(43)33-29-25-21-23-27-31-36(40)30-26-22-19-17-12-10-8-6-4-2/h12,17,21-23,26-27,31,36-37,40-41H,3-11,13-16,18-20,24-25,28-30,32-35H2,1-2H3/b17-12-,23-21+,26-22-,31-27-/t36?,37-/m1/s1. The molecule has 2 atom stereocenters. The van der Waals surface area contributed by atoms with Gasteiger partial charge in [-0.25, -0.2) is 0 Å². The molecule has 0 bridgehead atoms. The Bertz CT molecular complexity index is 784. The Kier molecular flexibility index (Phi) is 33.0. The van der Waals surface area contributed by atoms with Crippen molar-refractivity contribution in [2.75, 3.05) is 13.2 Å². The summed E-state index contributed by atoms with van der Waals surface area (Å²) in [5, 5.41) is 20.0. The maximum absolute atomic E-state index is 11.9. The highest BCUT2D eigenvalue weighted by atomic mass is 16.6. The van der Waals surface area contributed by atoms with Gasteiger partial charge in [0.25, 0.3) is 0 Å². The van der Waals surface area contributed by atoms with E-state index in [2.05, 4.69) is 32.1 Å². The smallest absolute Gasteiger partial charge is 0.305 e. The number of hydrogen-bond acceptors (Lipinski definition) is 6. The molecule has 260 valence electrons. The molecular formula is C39H68O6. The fourth-order valence-corrected chi connectivity index (χ4v) is 4.80. The summed E-state index contributed by atoms with van der Waals surface area (Å²) in [6, 6.07) is 0. The number of carbonyl (C=O) groups is 2. The van der Waals surface area contributed by atoms with Crippen LogP contribution in [0.2, 0.25) is 0 Å². The van der Waals surface area contributed by atoms with Gasteiger partial charge in [-0.2, -0.15) is 0 Å². The number of hydrogen-bond donors (Lipinski definition) is 2. The number of ether oxygens (including phenoxy) is 2. The minimum Gasteiger partial charge on any atom is -0.463 e. The minimum atomic E-state index is -1.01. The van der Waals surface area contributed by atoms with Crippen molar-refractivity contribution in [3.8, 4) is 0 Å². The van der Waals surface area contributed by atoms with Crippen LogP contribution in [0.3, 0.4) is 0 Å². The molecule has 6 heteroatoms. The fraction of sp³-hybridized carbons (Fsp3) is 0.744. The van der Waals surface area contributed by atoms with E-state index in [1.807, 2.05) is 24.3 Å². The van der Waals surface area contributed by atoms with Crippen LogP contribution in [0.4, 0.5) is 0 Å². The van der Waals surface area contributed by atoms with E-state index in [0.717, 1.165) is 32.1 Å². The fourth-order valence-electron chi connectivity index (χ4n) is 4.80. The molecule has 0 rings (SSSR count). The second-order valence-electron chi connectivity index (χ2n) is 12.2. The number of aliphatic hydroxyl groups excluding tert-OH is 2. The van der Waals surface area contributed by atoms with E-state index in [9.17, 15) is 19.8 Å². The van der Waals surface area contributed by atoms with Gasteiger partial charge < -0.3 is 19.7 Å². The molecule has 1 unspecified atom stereocenters. The zero-order chi connectivity index (χ0) is 33.1. The Morgan fingerprint density at radius 3 is 1.64 bits per heavy atom. The summed E-state index contributed by atoms with van der Waals surface area (Å²) in [4.78, 5) is 23.8. The maximum atomic E-state index is 11.9. The third kappa shape index (κ3) is 34.5. The average molecular weight is 633 g/mol. The predicted molar refractivity (Wildman–Crippen MR) is 188 cm³/mol. The lowest BCUT2D eigenvalue weighted by molar-refractivity contribution is -0.152. The second kappa shape index (κ2) is 34.7. The first-order chi connectivity index (χ1) is 22.0. The van der Waals surface area contributed by atoms with E-state index in [1.165, 1.54) is 83.5 Å². The largest absolute Gasteiger partial charge is 0.463 e. The Balaban J connectivity index is 3.65. The van der Waals surface area contributed by atoms with Gasteiger partial charge >= 0.3 is 11.9 Å². The Morgan fingerprint density at radius 2 is 1.04 bits per heavy atom. The van der Waals surface area contributed by atoms with Crippen molar-refractivity contribution in [2.45, 2.75) is 174 Å². The van der Waals surface area contributed by atoms with Crippen molar-refractivity contribution < 1.29 is 29.3 Å². The van der Waals surface area contributed by atoms with Crippen molar-refractivity contribution in [3.05, 3.63) is 48.6 Å². The van der Waals surface area contributed by atoms with Gasteiger partial charge in [0.1, 0.15) is 19.3 Å². The molecule has 2 N–H and O–H groups in total. The van der Waals surface area contributed by atoms with Crippen molar-refractivity contribution >= 4 is 11.9 Å². The monoisotopic (exact) mass is 633 g/mol. The highest BCUT2D eigenvalue weighted by Crippen LogP contribution is 2.13. The minimum absolute atomic E-state index is 0.155. The molecule has 0 aliphatic heterocycles. The van der Waals surface area contributed by atoms with Crippen LogP contribution in [0.25, 0.3) is 0 Å². The molecule has 0 aromatic heterocycles. The summed E-state index contributed by atoms with van der Waals surface area (Å²) in [5.41, 5.74) is 0. The SMILES string of the molecule is CCCCC/C=C\C/C=C\CC(O)/C=C\C=C\CCCC(=O)OC[C@H](O)COC(=O)CCCCCCCCCCCCCCC. The number of esters is 2. The molecule has 0 amide bonds. The zero-order valence-corrected chi connectivity index (χ0v) is 29.0. The highest BCUT2D eigenvalue weighted by Gasteiger charge is 2.12. The first-order valence-electron chi connectivity index (χ1n) is 18.3. The average Bonchev–Trinajstić information content (AvgIpc) is 3.03. The Labute approximate surface area is 276 Å². The first kappa shape index (κ1) is 42.8. The van der Waals surface area contributed by atoms with Crippen molar-refractivity contribution in [2.24, 2.45) is 0 Å². The summed E-state index contributed by atoms with van der Waals surface area (Å²) in [7, 11) is 0. The summed E-state index contributed by atoms with van der Waals surface area (Å²) in [6.45, 7) is 4.13. The second-order valence-corrected chi connectivity index (χ2v) is 12.2. The lowest BCUT2D eigenvalue weighted by Crippen LogP contribution is -2.25. The summed E-state index contributed by atoms with van der Waals surface area (Å²) in [6.07, 6.45) is 39.0. The van der Waals surface area contributed by atoms with E-state index in [0.29, 0.717) is 25.7 Å². The highest BCUT2D eigenvalue weighted by molar-refractivity contribution is 5.69. The normalized spacial score (nSPS) is 13.4. The Morgan fingerprint density at radius 1 is 0.556 bits per heavy atom. The molecule has 0 aliphatic rings. The molecule has 0 heterocycles. The van der Waals surface area contributed by atoms with Crippen LogP contribution in [0, 0.1) is 0 Å². The van der Waals surface area contributed by atoms with Crippen LogP contribution in [0.1, 0.15) is 162 Å². The molecule has 0 saturated heterocycles. The number of unbranched alkanes of at least 4 members (excludes halogenated alkanes) is 16. The van der Waals surface area contributed by atoms with Gasteiger partial charge in [0, 0.05) is 12.8 Å². The number of carbonyl (C=O) groups excluding carboxylic acids is 2. The lowest BCUT2D eigenvalue weighted by Gasteiger charge is -2.12. The van der Waals surface area contributed by atoms with Crippen LogP contribution in [-0.4, -0.2) is 47.6 Å². The maximum Gasteiger partial charge on any atom is 0.305 e. The molecule has 45 heavy (non-hydrogen) atoms. The first-order valence-corrected chi connectivity index (χ1v) is 18.3. The molecule has 0 aliphatic carbocycles. The van der Waals surface area contributed by atoms with Gasteiger partial charge in [0.15, 0.2) is 0 Å². The molecule has 0 saturated carbocycles. The van der Waals surface area contributed by atoms with Crippen LogP contribution in [0.15, 0.2) is 48.6 Å². The predicted octanol–water partition coefficient (Wildman–Crippen LogP) is 10.0. The van der Waals surface area contributed by atoms with Gasteiger partial charge in [-0.3, -0.25) is 9.59 Å². The van der Waals surface area contributed by atoms with Gasteiger partial charge in [0.2, 0.25) is 0 Å². The number of rotatable bonds is 32. The van der Waals surface area contributed by atoms with Crippen LogP contribution in [0.5, 0.6) is 0 Å². The van der Waals surface area contributed by atoms with E-state index >= 15 is 0 Å². The van der Waals surface area contributed by atoms with Crippen molar-refractivity contribution in [1.82, 2.24) is 0 Å². The molecule has 6 nitrogen and oxygen atoms in total. The molecule has 0 aromatic carbocycles. The zero-order valence-electron chi connectivity index (χ0n) is 29.0. The topological polar surface area (TPSA) is 93.1 Å². The van der Waals surface area contributed by atoms with E-state index in [4.69, 9.17) is 9.47 Å². The number of allylic oxidation sites excluding steroid dienone is 6. The molecule has 0 spiro atoms. The third-order valence-corrected chi connectivity index (χ3v) is 7.65. The molecular weight excluding hydrogens is 564 g/mol. The van der Waals surface area contributed by atoms with Crippen LogP contribution < -0.4 is 0 Å². The third-order valence-electron chi connectivity index (χ3n) is 7.65. The van der Waals surface area contributed by atoms with Gasteiger partial charge in [0.05, 0.1) is 6.10 Å². The van der Waals surface area contributed by atoms with Crippen LogP contribution >= 0.6 is 0 Å². The van der Waals surface area contributed by atoms with Crippen molar-refractivity contribution in [3.63, 3.8) is 0 Å². The van der Waals surface area contributed by atoms with E-state index < -0.39 is 12.2 Å². The van der Waals surface area contributed by atoms with E-state index in [-0.39, 0.29) is 31.6 Å². The summed E-state index contributed by atoms with van der Waals surface area (Å²) in [5.74, 6) is -0.691. The van der Waals surface area contributed by atoms with Gasteiger partial charge in [-0.1, -0.05) is 152 Å². The molecule has 0 fully saturated rings. The Hall–Kier alpha value is -2.18. The van der Waals surface area contributed by atoms with Gasteiger partial charge in [-0.15, -0.1) is 0 Å².